The summed E-state index contributed by atoms with van der Waals surface area (Å²) in [5.74, 6) is -0.356. The van der Waals surface area contributed by atoms with Gasteiger partial charge in [0.25, 0.3) is 0 Å². The zero-order chi connectivity index (χ0) is 22.2. The van der Waals surface area contributed by atoms with Crippen molar-refractivity contribution in [1.29, 1.82) is 0 Å². The first-order valence-electron chi connectivity index (χ1n) is 9.06. The normalized spacial score (nSPS) is 11.6. The lowest BCUT2D eigenvalue weighted by Gasteiger charge is -2.11. The van der Waals surface area contributed by atoms with E-state index in [0.717, 1.165) is 0 Å². The number of nitrogens with one attached hydrogen (secondary N) is 1. The van der Waals surface area contributed by atoms with Crippen LogP contribution in [0, 0.1) is 0 Å². The number of benzene rings is 3. The maximum Gasteiger partial charge on any atom is 0.238 e. The van der Waals surface area contributed by atoms with Gasteiger partial charge < -0.3 is 5.32 Å². The molecule has 1 heterocycles. The van der Waals surface area contributed by atoms with Gasteiger partial charge in [0.05, 0.1) is 28.7 Å². The largest absolute Gasteiger partial charge is 0.326 e. The van der Waals surface area contributed by atoms with Crippen LogP contribution >= 0.6 is 23.2 Å². The molecule has 1 aromatic heterocycles. The van der Waals surface area contributed by atoms with E-state index in [1.165, 1.54) is 12.3 Å². The highest BCUT2D eigenvalue weighted by Crippen LogP contribution is 2.29. The summed E-state index contributed by atoms with van der Waals surface area (Å²) >= 11 is 12.1. The zero-order valence-corrected chi connectivity index (χ0v) is 18.2. The second-order valence-electron chi connectivity index (χ2n) is 6.80. The lowest BCUT2D eigenvalue weighted by Crippen LogP contribution is -2.17. The number of rotatable bonds is 5. The van der Waals surface area contributed by atoms with E-state index in [-0.39, 0.29) is 22.9 Å². The van der Waals surface area contributed by atoms with E-state index >= 15 is 0 Å². The number of primary sulfonamides is 1. The smallest absolute Gasteiger partial charge is 0.238 e. The number of nitrogens with two attached hydrogens (primary N) is 1. The summed E-state index contributed by atoms with van der Waals surface area (Å²) in [5, 5.41) is 13.8. The number of nitrogens with zero attached hydrogens (tertiary/aromatic N) is 2. The molecule has 0 radical (unpaired) electrons. The average Bonchev–Trinajstić information content (AvgIpc) is 3.13. The van der Waals surface area contributed by atoms with Gasteiger partial charge in [-0.05, 0) is 48.0 Å². The van der Waals surface area contributed by atoms with E-state index < -0.39 is 10.0 Å². The minimum absolute atomic E-state index is 0.0267. The number of amides is 1. The molecule has 0 bridgehead atoms. The van der Waals surface area contributed by atoms with Crippen LogP contribution in [0.1, 0.15) is 5.56 Å². The Hall–Kier alpha value is -2.91. The molecule has 0 saturated heterocycles. The maximum atomic E-state index is 12.6. The van der Waals surface area contributed by atoms with E-state index in [9.17, 15) is 13.2 Å². The molecule has 4 rings (SSSR count). The third kappa shape index (κ3) is 4.57. The van der Waals surface area contributed by atoms with E-state index in [1.807, 2.05) is 0 Å². The number of fused-ring (bicyclic) bond motifs is 1. The molecule has 3 N–H and O–H groups in total. The fourth-order valence-corrected chi connectivity index (χ4v) is 4.29. The van der Waals surface area contributed by atoms with Crippen LogP contribution in [-0.2, 0) is 21.2 Å². The van der Waals surface area contributed by atoms with Crippen molar-refractivity contribution in [3.8, 4) is 5.69 Å². The van der Waals surface area contributed by atoms with Gasteiger partial charge in [-0.25, -0.2) is 18.2 Å². The first-order chi connectivity index (χ1) is 14.7. The van der Waals surface area contributed by atoms with Crippen molar-refractivity contribution in [3.05, 3.63) is 82.5 Å². The molecule has 0 aliphatic heterocycles. The zero-order valence-electron chi connectivity index (χ0n) is 15.9. The molecule has 0 saturated carbocycles. The van der Waals surface area contributed by atoms with Crippen LogP contribution in [0.5, 0.6) is 0 Å². The summed E-state index contributed by atoms with van der Waals surface area (Å²) < 4.78 is 26.0. The molecule has 31 heavy (non-hydrogen) atoms. The molecule has 7 nitrogen and oxygen atoms in total. The van der Waals surface area contributed by atoms with Gasteiger partial charge in [-0.3, -0.25) is 4.79 Å². The fraction of sp³-hybridized carbons (Fsp3) is 0.0476. The molecule has 3 aromatic carbocycles. The van der Waals surface area contributed by atoms with Gasteiger partial charge in [0.1, 0.15) is 0 Å². The lowest BCUT2D eigenvalue weighted by atomic mass is 10.1. The van der Waals surface area contributed by atoms with Crippen molar-refractivity contribution in [1.82, 2.24) is 9.78 Å². The van der Waals surface area contributed by atoms with Crippen LogP contribution in [0.4, 0.5) is 5.69 Å². The quantitative estimate of drug-likeness (QED) is 0.452. The SMILES string of the molecule is NS(=O)(=O)c1cc(NC(=O)Cc2ccccc2Cl)cc2c1cnn2-c1ccc(Cl)cc1. The molecular weight excluding hydrogens is 459 g/mol. The first-order valence-corrected chi connectivity index (χ1v) is 11.4. The molecular formula is C21H16Cl2N4O3S. The lowest BCUT2D eigenvalue weighted by molar-refractivity contribution is -0.115. The van der Waals surface area contributed by atoms with Gasteiger partial charge >= 0.3 is 0 Å². The second kappa shape index (κ2) is 8.32. The van der Waals surface area contributed by atoms with Crippen LogP contribution in [0.15, 0.2) is 71.8 Å². The van der Waals surface area contributed by atoms with Crippen LogP contribution in [-0.4, -0.2) is 24.1 Å². The predicted molar refractivity (Wildman–Crippen MR) is 121 cm³/mol. The topological polar surface area (TPSA) is 107 Å². The summed E-state index contributed by atoms with van der Waals surface area (Å²) in [4.78, 5) is 12.4. The standard InChI is InChI=1S/C21H16Cl2N4O3S/c22-14-5-7-16(8-6-14)27-19-10-15(11-20(31(24,29)30)17(19)12-25-27)26-21(28)9-13-3-1-2-4-18(13)23/h1-8,10-12H,9H2,(H,26,28)(H2,24,29,30). The average molecular weight is 475 g/mol. The Kier molecular flexibility index (Phi) is 5.72. The Morgan fingerprint density at radius 2 is 1.77 bits per heavy atom. The van der Waals surface area contributed by atoms with Crippen LogP contribution < -0.4 is 10.5 Å². The van der Waals surface area contributed by atoms with Gasteiger partial charge in [-0.2, -0.15) is 5.10 Å². The van der Waals surface area contributed by atoms with Crippen molar-refractivity contribution in [3.63, 3.8) is 0 Å². The van der Waals surface area contributed by atoms with Crippen LogP contribution in [0.25, 0.3) is 16.6 Å². The molecule has 158 valence electrons. The van der Waals surface area contributed by atoms with Crippen molar-refractivity contribution in [2.45, 2.75) is 11.3 Å². The number of aromatic nitrogens is 2. The predicted octanol–water partition coefficient (Wildman–Crippen LogP) is 4.16. The number of carbonyl (C=O) groups excluding carboxylic acids is 1. The highest BCUT2D eigenvalue weighted by molar-refractivity contribution is 7.89. The van der Waals surface area contributed by atoms with Gasteiger partial charge in [0.2, 0.25) is 15.9 Å². The van der Waals surface area contributed by atoms with E-state index in [2.05, 4.69) is 10.4 Å². The monoisotopic (exact) mass is 474 g/mol. The van der Waals surface area contributed by atoms with Crippen LogP contribution in [0.2, 0.25) is 10.0 Å². The van der Waals surface area contributed by atoms with E-state index in [1.54, 1.807) is 59.3 Å². The molecule has 1 amide bonds. The van der Waals surface area contributed by atoms with Gasteiger partial charge in [0.15, 0.2) is 0 Å². The fourth-order valence-electron chi connectivity index (χ4n) is 3.21. The molecule has 0 unspecified atom stereocenters. The van der Waals surface area contributed by atoms with Crippen molar-refractivity contribution >= 4 is 55.7 Å². The molecule has 0 aliphatic rings. The molecule has 0 atom stereocenters. The number of halogens is 2. The number of hydrogen-bond donors (Lipinski definition) is 2. The third-order valence-electron chi connectivity index (χ3n) is 4.62. The van der Waals surface area contributed by atoms with Crippen molar-refractivity contribution < 1.29 is 13.2 Å². The molecule has 0 aliphatic carbocycles. The Labute approximate surface area is 188 Å². The summed E-state index contributed by atoms with van der Waals surface area (Å²) in [6.07, 6.45) is 1.44. The summed E-state index contributed by atoms with van der Waals surface area (Å²) in [6, 6.07) is 16.8. The van der Waals surface area contributed by atoms with E-state index in [4.69, 9.17) is 28.3 Å². The van der Waals surface area contributed by atoms with E-state index in [0.29, 0.717) is 32.2 Å². The second-order valence-corrected chi connectivity index (χ2v) is 9.17. The molecule has 10 heteroatoms. The number of carbonyl (C=O) groups is 1. The van der Waals surface area contributed by atoms with Gasteiger partial charge in [-0.1, -0.05) is 41.4 Å². The summed E-state index contributed by atoms with van der Waals surface area (Å²) in [7, 11) is -4.08. The summed E-state index contributed by atoms with van der Waals surface area (Å²) in [5.41, 5.74) is 2.05. The Balaban J connectivity index is 1.76. The van der Waals surface area contributed by atoms with Crippen molar-refractivity contribution in [2.24, 2.45) is 5.14 Å². The highest BCUT2D eigenvalue weighted by atomic mass is 35.5. The minimum Gasteiger partial charge on any atom is -0.326 e. The Morgan fingerprint density at radius 3 is 2.45 bits per heavy atom. The molecule has 4 aromatic rings. The highest BCUT2D eigenvalue weighted by Gasteiger charge is 2.19. The maximum absolute atomic E-state index is 12.6. The van der Waals surface area contributed by atoms with Gasteiger partial charge in [0, 0.05) is 21.1 Å². The van der Waals surface area contributed by atoms with Gasteiger partial charge in [-0.15, -0.1) is 0 Å². The van der Waals surface area contributed by atoms with Crippen molar-refractivity contribution in [2.75, 3.05) is 5.32 Å². The molecule has 0 fully saturated rings. The number of hydrogen-bond acceptors (Lipinski definition) is 4. The van der Waals surface area contributed by atoms with Crippen LogP contribution in [0.3, 0.4) is 0 Å². The first kappa shape index (κ1) is 21.3. The Bertz CT molecular complexity index is 1400. The minimum atomic E-state index is -4.08. The number of anilines is 1. The number of sulfonamides is 1. The third-order valence-corrected chi connectivity index (χ3v) is 6.19. The molecule has 0 spiro atoms. The summed E-state index contributed by atoms with van der Waals surface area (Å²) in [6.45, 7) is 0. The Morgan fingerprint density at radius 1 is 1.06 bits per heavy atom.